The predicted octanol–water partition coefficient (Wildman–Crippen LogP) is 1.07. The molecule has 0 saturated carbocycles. The fraction of sp³-hybridized carbons (Fsp3) is 0.929. The van der Waals surface area contributed by atoms with Gasteiger partial charge in [0.25, 0.3) is 0 Å². The summed E-state index contributed by atoms with van der Waals surface area (Å²) in [4.78, 5) is 16.5. The molecule has 0 aromatic rings. The Morgan fingerprint density at radius 2 is 2.00 bits per heavy atom. The Morgan fingerprint density at radius 1 is 1.22 bits per heavy atom. The first kappa shape index (κ1) is 13.8. The number of nitrogens with one attached hydrogen (secondary N) is 1. The van der Waals surface area contributed by atoms with Crippen LogP contribution in [-0.2, 0) is 4.79 Å². The van der Waals surface area contributed by atoms with Crippen molar-refractivity contribution in [2.75, 3.05) is 32.7 Å². The highest BCUT2D eigenvalue weighted by Gasteiger charge is 2.35. The first-order valence-electron chi connectivity index (χ1n) is 7.51. The van der Waals surface area contributed by atoms with Crippen molar-refractivity contribution in [3.05, 3.63) is 0 Å². The van der Waals surface area contributed by atoms with Gasteiger partial charge >= 0.3 is 0 Å². The Bertz CT molecular complexity index is 278. The molecule has 2 atom stereocenters. The van der Waals surface area contributed by atoms with Crippen molar-refractivity contribution in [1.29, 1.82) is 0 Å². The van der Waals surface area contributed by atoms with E-state index < -0.39 is 0 Å². The Labute approximate surface area is 111 Å². The normalized spacial score (nSPS) is 28.1. The summed E-state index contributed by atoms with van der Waals surface area (Å²) in [7, 11) is 0. The maximum atomic E-state index is 12.0. The van der Waals surface area contributed by atoms with Gasteiger partial charge in [0.1, 0.15) is 0 Å². The van der Waals surface area contributed by atoms with Crippen LogP contribution >= 0.6 is 0 Å². The largest absolute Gasteiger partial charge is 0.342 e. The minimum atomic E-state index is 0.245. The number of hydrogen-bond acceptors (Lipinski definition) is 3. The van der Waals surface area contributed by atoms with Gasteiger partial charge in [-0.05, 0) is 39.7 Å². The number of piperidine rings is 1. The van der Waals surface area contributed by atoms with E-state index in [9.17, 15) is 4.79 Å². The zero-order valence-corrected chi connectivity index (χ0v) is 11.8. The summed E-state index contributed by atoms with van der Waals surface area (Å²) >= 11 is 0. The molecule has 2 heterocycles. The van der Waals surface area contributed by atoms with E-state index in [1.54, 1.807) is 0 Å². The lowest BCUT2D eigenvalue weighted by Crippen LogP contribution is -2.48. The lowest BCUT2D eigenvalue weighted by molar-refractivity contribution is -0.130. The van der Waals surface area contributed by atoms with Gasteiger partial charge in [-0.2, -0.15) is 0 Å². The van der Waals surface area contributed by atoms with Gasteiger partial charge < -0.3 is 10.2 Å². The maximum absolute atomic E-state index is 12.0. The van der Waals surface area contributed by atoms with Crippen molar-refractivity contribution in [3.8, 4) is 0 Å². The molecule has 2 aliphatic rings. The molecule has 1 amide bonds. The summed E-state index contributed by atoms with van der Waals surface area (Å²) in [6.07, 6.45) is 5.21. The second-order valence-electron chi connectivity index (χ2n) is 5.44. The summed E-state index contributed by atoms with van der Waals surface area (Å²) < 4.78 is 0. The molecule has 1 N–H and O–H groups in total. The molecule has 0 spiro atoms. The number of fused-ring (bicyclic) bond motifs is 1. The molecule has 0 aromatic heterocycles. The molecule has 0 radical (unpaired) electrons. The first-order valence-corrected chi connectivity index (χ1v) is 7.51. The van der Waals surface area contributed by atoms with E-state index >= 15 is 0 Å². The highest BCUT2D eigenvalue weighted by molar-refractivity contribution is 5.78. The fourth-order valence-corrected chi connectivity index (χ4v) is 3.39. The third-order valence-electron chi connectivity index (χ3n) is 4.49. The van der Waals surface area contributed by atoms with Gasteiger partial charge in [0, 0.05) is 31.7 Å². The maximum Gasteiger partial charge on any atom is 0.236 e. The molecule has 0 bridgehead atoms. The molecule has 2 fully saturated rings. The fourth-order valence-electron chi connectivity index (χ4n) is 3.39. The van der Waals surface area contributed by atoms with E-state index in [1.807, 2.05) is 18.7 Å². The highest BCUT2D eigenvalue weighted by atomic mass is 16.2. The summed E-state index contributed by atoms with van der Waals surface area (Å²) in [6.45, 7) is 8.69. The molecule has 2 rings (SSSR count). The average molecular weight is 253 g/mol. The van der Waals surface area contributed by atoms with E-state index in [0.29, 0.717) is 18.6 Å². The van der Waals surface area contributed by atoms with Gasteiger partial charge in [0.15, 0.2) is 0 Å². The molecular formula is C14H27N3O. The van der Waals surface area contributed by atoms with Crippen LogP contribution in [0.1, 0.15) is 39.5 Å². The van der Waals surface area contributed by atoms with Crippen molar-refractivity contribution in [2.24, 2.45) is 0 Å². The molecule has 0 aromatic carbocycles. The van der Waals surface area contributed by atoms with E-state index in [1.165, 1.54) is 38.8 Å². The van der Waals surface area contributed by atoms with Crippen LogP contribution in [0.4, 0.5) is 0 Å². The van der Waals surface area contributed by atoms with E-state index in [2.05, 4.69) is 10.2 Å². The van der Waals surface area contributed by atoms with Crippen LogP contribution < -0.4 is 5.32 Å². The number of carbonyl (C=O) groups excluding carboxylic acids is 1. The lowest BCUT2D eigenvalue weighted by atomic mass is 9.99. The average Bonchev–Trinajstić information content (AvgIpc) is 2.81. The molecule has 4 heteroatoms. The zero-order valence-electron chi connectivity index (χ0n) is 11.8. The minimum Gasteiger partial charge on any atom is -0.342 e. The van der Waals surface area contributed by atoms with Crippen LogP contribution in [0.3, 0.4) is 0 Å². The second kappa shape index (κ2) is 6.53. The van der Waals surface area contributed by atoms with Crippen LogP contribution in [0.5, 0.6) is 0 Å². The molecule has 2 unspecified atom stereocenters. The molecule has 2 saturated heterocycles. The molecule has 18 heavy (non-hydrogen) atoms. The Kier molecular flexibility index (Phi) is 5.01. The van der Waals surface area contributed by atoms with Gasteiger partial charge in [-0.25, -0.2) is 0 Å². The predicted molar refractivity (Wildman–Crippen MR) is 73.5 cm³/mol. The quantitative estimate of drug-likeness (QED) is 0.796. The summed E-state index contributed by atoms with van der Waals surface area (Å²) in [5.74, 6) is 0.245. The van der Waals surface area contributed by atoms with Gasteiger partial charge in [-0.15, -0.1) is 0 Å². The Hall–Kier alpha value is -0.610. The van der Waals surface area contributed by atoms with Gasteiger partial charge in [-0.1, -0.05) is 6.42 Å². The van der Waals surface area contributed by atoms with Crippen LogP contribution in [0, 0.1) is 0 Å². The number of carbonyl (C=O) groups is 1. The number of amides is 1. The first-order chi connectivity index (χ1) is 8.76. The van der Waals surface area contributed by atoms with Crippen LogP contribution in [-0.4, -0.2) is 60.5 Å². The van der Waals surface area contributed by atoms with Crippen LogP contribution in [0.25, 0.3) is 0 Å². The third kappa shape index (κ3) is 3.04. The summed E-state index contributed by atoms with van der Waals surface area (Å²) in [5.41, 5.74) is 0. The molecule has 104 valence electrons. The zero-order chi connectivity index (χ0) is 13.0. The smallest absolute Gasteiger partial charge is 0.236 e. The third-order valence-corrected chi connectivity index (χ3v) is 4.49. The lowest BCUT2D eigenvalue weighted by Gasteiger charge is -2.32. The van der Waals surface area contributed by atoms with Crippen molar-refractivity contribution in [2.45, 2.75) is 51.6 Å². The molecule has 2 aliphatic heterocycles. The standard InChI is InChI=1S/C14H27N3O/c1-3-16(4-2)14(18)11-15-12-8-10-17-9-6-5-7-13(12)17/h12-13,15H,3-11H2,1-2H3. The van der Waals surface area contributed by atoms with E-state index in [0.717, 1.165) is 13.1 Å². The number of hydrogen-bond donors (Lipinski definition) is 1. The van der Waals surface area contributed by atoms with Crippen molar-refractivity contribution >= 4 is 5.91 Å². The molecule has 0 aliphatic carbocycles. The Morgan fingerprint density at radius 3 is 2.72 bits per heavy atom. The monoisotopic (exact) mass is 253 g/mol. The second-order valence-corrected chi connectivity index (χ2v) is 5.44. The highest BCUT2D eigenvalue weighted by Crippen LogP contribution is 2.26. The number of likely N-dealkylation sites (N-methyl/N-ethyl adjacent to an activating group) is 1. The summed E-state index contributed by atoms with van der Waals surface area (Å²) in [5, 5.41) is 3.50. The van der Waals surface area contributed by atoms with Crippen molar-refractivity contribution in [1.82, 2.24) is 15.1 Å². The van der Waals surface area contributed by atoms with Crippen molar-refractivity contribution < 1.29 is 4.79 Å². The SMILES string of the molecule is CCN(CC)C(=O)CNC1CCN2CCCCC12. The van der Waals surface area contributed by atoms with Crippen molar-refractivity contribution in [3.63, 3.8) is 0 Å². The number of nitrogens with zero attached hydrogens (tertiary/aromatic N) is 2. The summed E-state index contributed by atoms with van der Waals surface area (Å²) in [6, 6.07) is 1.22. The minimum absolute atomic E-state index is 0.245. The van der Waals surface area contributed by atoms with Crippen LogP contribution in [0.2, 0.25) is 0 Å². The van der Waals surface area contributed by atoms with Gasteiger partial charge in [-0.3, -0.25) is 9.69 Å². The Balaban J connectivity index is 1.78. The molecule has 4 nitrogen and oxygen atoms in total. The van der Waals surface area contributed by atoms with E-state index in [4.69, 9.17) is 0 Å². The van der Waals surface area contributed by atoms with Crippen LogP contribution in [0.15, 0.2) is 0 Å². The van der Waals surface area contributed by atoms with Gasteiger partial charge in [0.05, 0.1) is 6.54 Å². The molecular weight excluding hydrogens is 226 g/mol. The van der Waals surface area contributed by atoms with Gasteiger partial charge in [0.2, 0.25) is 5.91 Å². The topological polar surface area (TPSA) is 35.6 Å². The van der Waals surface area contributed by atoms with E-state index in [-0.39, 0.29) is 5.91 Å². The number of rotatable bonds is 5.